The molecule has 0 bridgehead atoms. The predicted octanol–water partition coefficient (Wildman–Crippen LogP) is 6.54. The topological polar surface area (TPSA) is 175 Å². The van der Waals surface area contributed by atoms with Crippen molar-refractivity contribution >= 4 is 46.0 Å². The van der Waals surface area contributed by atoms with E-state index in [1.807, 2.05) is 51.2 Å². The SMILES string of the molecule is CCOc1cc([C@@H](CC#N)N2C(=O)c3ccnc(N4CCN(CCC5CCN(c6ccc(Oc7ccc8c([C@@]9(C)CCC(=O)NC9=O)nn(C)c8c7)cc6)CC5)CC4)c3C2=O)ccc1OC. The Labute approximate surface area is 384 Å². The summed E-state index contributed by atoms with van der Waals surface area (Å²) in [6, 6.07) is 22.2. The number of hydrogen-bond acceptors (Lipinski definition) is 13. The molecular weight excluding hydrogens is 839 g/mol. The van der Waals surface area contributed by atoms with Gasteiger partial charge < -0.3 is 24.0 Å². The molecule has 0 saturated carbocycles. The van der Waals surface area contributed by atoms with E-state index in [1.54, 1.807) is 42.3 Å². The lowest BCUT2D eigenvalue weighted by atomic mass is 9.77. The van der Waals surface area contributed by atoms with E-state index >= 15 is 0 Å². The molecule has 5 aromatic rings. The average molecular weight is 894 g/mol. The first-order valence-corrected chi connectivity index (χ1v) is 22.9. The summed E-state index contributed by atoms with van der Waals surface area (Å²) in [7, 11) is 3.40. The number of piperazine rings is 1. The Morgan fingerprint density at radius 1 is 0.894 bits per heavy atom. The number of amides is 4. The Balaban J connectivity index is 0.757. The molecule has 2 atom stereocenters. The van der Waals surface area contributed by atoms with Crippen molar-refractivity contribution in [3.63, 3.8) is 0 Å². The number of aryl methyl sites for hydroxylation is 1. The average Bonchev–Trinajstić information content (AvgIpc) is 3.80. The number of nitrogens with zero attached hydrogens (tertiary/aromatic N) is 8. The van der Waals surface area contributed by atoms with Crippen molar-refractivity contribution in [3.8, 4) is 29.1 Å². The van der Waals surface area contributed by atoms with Gasteiger partial charge in [-0.1, -0.05) is 6.07 Å². The lowest BCUT2D eigenvalue weighted by molar-refractivity contribution is -0.137. The minimum atomic E-state index is -0.888. The Bertz CT molecular complexity index is 2710. The van der Waals surface area contributed by atoms with Crippen molar-refractivity contribution in [2.75, 3.05) is 69.3 Å². The van der Waals surface area contributed by atoms with E-state index in [-0.39, 0.29) is 24.7 Å². The maximum Gasteiger partial charge on any atom is 0.265 e. The van der Waals surface area contributed by atoms with Crippen LogP contribution in [0.3, 0.4) is 0 Å². The molecule has 4 aliphatic heterocycles. The minimum absolute atomic E-state index is 0.0711. The number of fused-ring (bicyclic) bond motifs is 2. The number of nitrogens with one attached hydrogen (secondary N) is 1. The molecule has 342 valence electrons. The van der Waals surface area contributed by atoms with Crippen molar-refractivity contribution in [3.05, 3.63) is 95.3 Å². The van der Waals surface area contributed by atoms with Crippen LogP contribution >= 0.6 is 0 Å². The molecule has 3 fully saturated rings. The van der Waals surface area contributed by atoms with Gasteiger partial charge in [-0.3, -0.25) is 39.0 Å². The van der Waals surface area contributed by atoms with Gasteiger partial charge in [-0.25, -0.2) is 4.98 Å². The summed E-state index contributed by atoms with van der Waals surface area (Å²) < 4.78 is 19.2. The first kappa shape index (κ1) is 44.2. The molecule has 4 aliphatic rings. The van der Waals surface area contributed by atoms with E-state index in [0.717, 1.165) is 68.6 Å². The monoisotopic (exact) mass is 893 g/mol. The zero-order chi connectivity index (χ0) is 46.1. The standard InChI is InChI=1S/C50H55N9O7/c1-5-65-42-30-33(6-13-41(42)64-4)39(15-21-51)59-47(61)38-16-22-52-46(44(38)48(59)62)58-28-26-56(27-29-58)23-17-32-18-24-57(25-19-32)34-7-9-35(10-8-34)66-36-11-12-37-40(31-36)55(3)54-45(37)50(2)20-14-43(60)53-49(50)63/h6-13,16,22,30-32,39H,5,14-15,17-20,23-29H2,1-4H3,(H,53,60,63)/t39-,50-/m1/s1. The zero-order valence-corrected chi connectivity index (χ0v) is 37.9. The smallest absolute Gasteiger partial charge is 0.265 e. The Morgan fingerprint density at radius 2 is 1.65 bits per heavy atom. The summed E-state index contributed by atoms with van der Waals surface area (Å²) in [6.07, 6.45) is 5.57. The van der Waals surface area contributed by atoms with E-state index in [9.17, 15) is 24.4 Å². The summed E-state index contributed by atoms with van der Waals surface area (Å²) in [6.45, 7) is 10.1. The van der Waals surface area contributed by atoms with Crippen LogP contribution in [0.5, 0.6) is 23.0 Å². The number of anilines is 2. The number of methoxy groups -OCH3 is 1. The number of hydrogen-bond donors (Lipinski definition) is 1. The number of rotatable bonds is 14. The number of imide groups is 2. The Kier molecular flexibility index (Phi) is 12.4. The minimum Gasteiger partial charge on any atom is -0.493 e. The van der Waals surface area contributed by atoms with Gasteiger partial charge >= 0.3 is 0 Å². The second kappa shape index (κ2) is 18.5. The number of ether oxygens (including phenoxy) is 3. The first-order chi connectivity index (χ1) is 32.0. The summed E-state index contributed by atoms with van der Waals surface area (Å²) in [4.78, 5) is 65.6. The molecule has 0 radical (unpaired) electrons. The number of nitriles is 1. The van der Waals surface area contributed by atoms with Gasteiger partial charge in [-0.2, -0.15) is 10.4 Å². The molecule has 3 aromatic carbocycles. The maximum atomic E-state index is 14.2. The quantitative estimate of drug-likeness (QED) is 0.119. The van der Waals surface area contributed by atoms with Crippen LogP contribution in [0.2, 0.25) is 0 Å². The molecule has 16 nitrogen and oxygen atoms in total. The van der Waals surface area contributed by atoms with Gasteiger partial charge in [0.25, 0.3) is 11.8 Å². The maximum absolute atomic E-state index is 14.2. The lowest BCUT2D eigenvalue weighted by Gasteiger charge is -2.38. The van der Waals surface area contributed by atoms with Crippen LogP contribution in [0.1, 0.15) is 90.4 Å². The molecular formula is C50H55N9O7. The van der Waals surface area contributed by atoms with Gasteiger partial charge in [0, 0.05) is 76.1 Å². The van der Waals surface area contributed by atoms with Crippen molar-refractivity contribution < 1.29 is 33.4 Å². The highest BCUT2D eigenvalue weighted by Gasteiger charge is 2.45. The van der Waals surface area contributed by atoms with E-state index < -0.39 is 23.3 Å². The van der Waals surface area contributed by atoms with Gasteiger partial charge in [-0.15, -0.1) is 0 Å². The van der Waals surface area contributed by atoms with Crippen molar-refractivity contribution in [1.29, 1.82) is 5.26 Å². The van der Waals surface area contributed by atoms with Crippen LogP contribution in [0.15, 0.2) is 72.9 Å². The highest BCUT2D eigenvalue weighted by atomic mass is 16.5. The number of piperidine rings is 2. The molecule has 4 amide bonds. The molecule has 0 spiro atoms. The van der Waals surface area contributed by atoms with Crippen molar-refractivity contribution in [2.24, 2.45) is 13.0 Å². The van der Waals surface area contributed by atoms with Gasteiger partial charge in [0.15, 0.2) is 11.5 Å². The number of benzene rings is 3. The van der Waals surface area contributed by atoms with E-state index in [2.05, 4.69) is 43.2 Å². The number of pyridine rings is 1. The molecule has 9 rings (SSSR count). The molecule has 0 aliphatic carbocycles. The largest absolute Gasteiger partial charge is 0.493 e. The summed E-state index contributed by atoms with van der Waals surface area (Å²) >= 11 is 0. The van der Waals surface area contributed by atoms with Crippen LogP contribution in [0.25, 0.3) is 10.9 Å². The number of carbonyl (C=O) groups excluding carboxylic acids is 4. The number of carbonyl (C=O) groups is 4. The van der Waals surface area contributed by atoms with Crippen LogP contribution in [0.4, 0.5) is 11.5 Å². The molecule has 0 unspecified atom stereocenters. The lowest BCUT2D eigenvalue weighted by Crippen LogP contribution is -2.50. The second-order valence-corrected chi connectivity index (χ2v) is 17.8. The van der Waals surface area contributed by atoms with E-state index in [4.69, 9.17) is 19.3 Å². The van der Waals surface area contributed by atoms with Crippen LogP contribution in [-0.2, 0) is 22.1 Å². The molecule has 16 heteroatoms. The van der Waals surface area contributed by atoms with Gasteiger partial charge in [0.2, 0.25) is 11.8 Å². The molecule has 66 heavy (non-hydrogen) atoms. The number of aromatic nitrogens is 3. The fourth-order valence-corrected chi connectivity index (χ4v) is 9.95. The fourth-order valence-electron chi connectivity index (χ4n) is 9.95. The second-order valence-electron chi connectivity index (χ2n) is 17.8. The predicted molar refractivity (Wildman–Crippen MR) is 247 cm³/mol. The molecule has 1 N–H and O–H groups in total. The molecule has 6 heterocycles. The zero-order valence-electron chi connectivity index (χ0n) is 37.9. The highest BCUT2D eigenvalue weighted by molar-refractivity contribution is 6.23. The third-order valence-electron chi connectivity index (χ3n) is 13.8. The van der Waals surface area contributed by atoms with Crippen LogP contribution < -0.4 is 29.3 Å². The molecule has 2 aromatic heterocycles. The third-order valence-corrected chi connectivity index (χ3v) is 13.8. The van der Waals surface area contributed by atoms with Crippen LogP contribution in [-0.4, -0.2) is 108 Å². The van der Waals surface area contributed by atoms with E-state index in [1.165, 1.54) is 10.6 Å². The summed E-state index contributed by atoms with van der Waals surface area (Å²) in [5.41, 5.74) is 3.01. The van der Waals surface area contributed by atoms with E-state index in [0.29, 0.717) is 77.5 Å². The summed E-state index contributed by atoms with van der Waals surface area (Å²) in [5.74, 6) is 2.12. The Morgan fingerprint density at radius 3 is 2.36 bits per heavy atom. The van der Waals surface area contributed by atoms with Crippen molar-refractivity contribution in [1.82, 2.24) is 29.9 Å². The fraction of sp³-hybridized carbons (Fsp3) is 0.420. The van der Waals surface area contributed by atoms with Gasteiger partial charge in [0.1, 0.15) is 17.3 Å². The summed E-state index contributed by atoms with van der Waals surface area (Å²) in [5, 5.41) is 17.9. The van der Waals surface area contributed by atoms with Gasteiger partial charge in [0.05, 0.1) is 60.0 Å². The highest BCUT2D eigenvalue weighted by Crippen LogP contribution is 2.41. The normalized spacial score (nSPS) is 19.8. The Hall–Kier alpha value is -6.99. The van der Waals surface area contributed by atoms with Crippen LogP contribution in [0, 0.1) is 17.2 Å². The third kappa shape index (κ3) is 8.39. The molecule has 3 saturated heterocycles. The first-order valence-electron chi connectivity index (χ1n) is 22.9. The van der Waals surface area contributed by atoms with Crippen molar-refractivity contribution in [2.45, 2.75) is 63.8 Å². The van der Waals surface area contributed by atoms with Gasteiger partial charge in [-0.05, 0) is 112 Å².